The van der Waals surface area contributed by atoms with E-state index in [-0.39, 0.29) is 37.3 Å². The molecule has 144 valence electrons. The van der Waals surface area contributed by atoms with Gasteiger partial charge in [0.2, 0.25) is 11.8 Å². The van der Waals surface area contributed by atoms with Crippen molar-refractivity contribution in [2.24, 2.45) is 5.92 Å². The van der Waals surface area contributed by atoms with Crippen LogP contribution < -0.4 is 5.32 Å². The number of benzene rings is 1. The lowest BCUT2D eigenvalue weighted by Crippen LogP contribution is -2.48. The number of hydrogen-bond donors (Lipinski definition) is 2. The molecule has 0 bridgehead atoms. The number of aliphatic hydroxyl groups excluding tert-OH is 1. The molecule has 0 spiro atoms. The fraction of sp³-hybridized carbons (Fsp3) is 0.650. The molecule has 26 heavy (non-hydrogen) atoms. The second-order valence-corrected chi connectivity index (χ2v) is 7.65. The van der Waals surface area contributed by atoms with E-state index in [0.29, 0.717) is 25.9 Å². The van der Waals surface area contributed by atoms with E-state index in [2.05, 4.69) is 11.4 Å². The van der Waals surface area contributed by atoms with Crippen LogP contribution in [-0.2, 0) is 11.2 Å². The van der Waals surface area contributed by atoms with Gasteiger partial charge in [0.15, 0.2) is 0 Å². The average molecular weight is 366 g/mol. The Morgan fingerprint density at radius 1 is 1.35 bits per heavy atom. The van der Waals surface area contributed by atoms with Gasteiger partial charge in [-0.25, -0.2) is 8.78 Å². The monoisotopic (exact) mass is 366 g/mol. The SMILES string of the molecule is CC(O)CNCC(=O)N1CCc2ccccc2C1C1CCC(F)(F)CC1. The van der Waals surface area contributed by atoms with Gasteiger partial charge in [0, 0.05) is 25.9 Å². The van der Waals surface area contributed by atoms with E-state index < -0.39 is 12.0 Å². The second-order valence-electron chi connectivity index (χ2n) is 7.65. The zero-order valence-electron chi connectivity index (χ0n) is 15.3. The molecule has 1 aliphatic heterocycles. The second kappa shape index (κ2) is 8.01. The van der Waals surface area contributed by atoms with E-state index in [1.165, 1.54) is 5.56 Å². The Morgan fingerprint density at radius 3 is 2.73 bits per heavy atom. The van der Waals surface area contributed by atoms with Gasteiger partial charge in [-0.15, -0.1) is 0 Å². The highest BCUT2D eigenvalue weighted by atomic mass is 19.3. The minimum atomic E-state index is -2.57. The van der Waals surface area contributed by atoms with Crippen molar-refractivity contribution in [1.82, 2.24) is 10.2 Å². The van der Waals surface area contributed by atoms with E-state index in [4.69, 9.17) is 0 Å². The smallest absolute Gasteiger partial charge is 0.248 e. The molecule has 1 aliphatic carbocycles. The quantitative estimate of drug-likeness (QED) is 0.843. The van der Waals surface area contributed by atoms with Crippen LogP contribution in [0.3, 0.4) is 0 Å². The van der Waals surface area contributed by atoms with Crippen LogP contribution in [0.15, 0.2) is 24.3 Å². The average Bonchev–Trinajstić information content (AvgIpc) is 2.60. The lowest BCUT2D eigenvalue weighted by atomic mass is 9.76. The summed E-state index contributed by atoms with van der Waals surface area (Å²) < 4.78 is 27.2. The van der Waals surface area contributed by atoms with E-state index >= 15 is 0 Å². The topological polar surface area (TPSA) is 52.6 Å². The Hall–Kier alpha value is -1.53. The molecule has 4 nitrogen and oxygen atoms in total. The molecule has 1 aromatic carbocycles. The molecule has 6 heteroatoms. The Kier molecular flexibility index (Phi) is 5.92. The van der Waals surface area contributed by atoms with Gasteiger partial charge in [-0.05, 0) is 43.2 Å². The summed E-state index contributed by atoms with van der Waals surface area (Å²) >= 11 is 0. The van der Waals surface area contributed by atoms with Crippen molar-refractivity contribution in [3.05, 3.63) is 35.4 Å². The molecule has 2 aliphatic rings. The summed E-state index contributed by atoms with van der Waals surface area (Å²) in [5.74, 6) is -2.53. The van der Waals surface area contributed by atoms with Crippen LogP contribution in [0.2, 0.25) is 0 Å². The number of alkyl halides is 2. The molecule has 3 rings (SSSR count). The third-order valence-corrected chi connectivity index (χ3v) is 5.58. The van der Waals surface area contributed by atoms with Crippen molar-refractivity contribution in [2.45, 2.75) is 57.1 Å². The summed E-state index contributed by atoms with van der Waals surface area (Å²) in [6, 6.07) is 7.94. The summed E-state index contributed by atoms with van der Waals surface area (Å²) in [5.41, 5.74) is 2.33. The summed E-state index contributed by atoms with van der Waals surface area (Å²) in [6.07, 6.45) is 0.962. The molecular formula is C20H28F2N2O2. The van der Waals surface area contributed by atoms with Gasteiger partial charge >= 0.3 is 0 Å². The molecule has 1 saturated carbocycles. The van der Waals surface area contributed by atoms with Crippen LogP contribution >= 0.6 is 0 Å². The molecule has 0 radical (unpaired) electrons. The predicted octanol–water partition coefficient (Wildman–Crippen LogP) is 2.91. The first-order valence-electron chi connectivity index (χ1n) is 9.51. The fourth-order valence-corrected chi connectivity index (χ4v) is 4.25. The van der Waals surface area contributed by atoms with Crippen molar-refractivity contribution >= 4 is 5.91 Å². The summed E-state index contributed by atoms with van der Waals surface area (Å²) in [6.45, 7) is 2.80. The molecule has 1 aromatic rings. The number of amides is 1. The first-order valence-corrected chi connectivity index (χ1v) is 9.51. The Morgan fingerprint density at radius 2 is 2.04 bits per heavy atom. The summed E-state index contributed by atoms with van der Waals surface area (Å²) in [5, 5.41) is 12.3. The molecule has 1 fully saturated rings. The predicted molar refractivity (Wildman–Crippen MR) is 96.1 cm³/mol. The highest BCUT2D eigenvalue weighted by Crippen LogP contribution is 2.45. The van der Waals surface area contributed by atoms with Crippen molar-refractivity contribution in [3.63, 3.8) is 0 Å². The maximum Gasteiger partial charge on any atom is 0.248 e. The number of nitrogens with zero attached hydrogens (tertiary/aromatic N) is 1. The van der Waals surface area contributed by atoms with Crippen LogP contribution in [0.5, 0.6) is 0 Å². The first kappa shape index (κ1) is 19.2. The number of rotatable bonds is 5. The maximum absolute atomic E-state index is 13.6. The fourth-order valence-electron chi connectivity index (χ4n) is 4.25. The Balaban J connectivity index is 1.78. The molecule has 1 heterocycles. The molecule has 1 amide bonds. The highest BCUT2D eigenvalue weighted by Gasteiger charge is 2.42. The van der Waals surface area contributed by atoms with Crippen LogP contribution in [-0.4, -0.2) is 47.6 Å². The standard InChI is InChI=1S/C20H28F2N2O2/c1-14(25)12-23-13-18(26)24-11-8-15-4-2-3-5-17(15)19(24)16-6-9-20(21,22)10-7-16/h2-5,14,16,19,23,25H,6-13H2,1H3. The zero-order chi connectivity index (χ0) is 18.7. The number of nitrogens with one attached hydrogen (secondary N) is 1. The molecule has 2 atom stereocenters. The highest BCUT2D eigenvalue weighted by molar-refractivity contribution is 5.79. The third-order valence-electron chi connectivity index (χ3n) is 5.58. The summed E-state index contributed by atoms with van der Waals surface area (Å²) in [4.78, 5) is 14.7. The molecule has 2 unspecified atom stereocenters. The lowest BCUT2D eigenvalue weighted by Gasteiger charge is -2.44. The largest absolute Gasteiger partial charge is 0.392 e. The van der Waals surface area contributed by atoms with Gasteiger partial charge in [0.25, 0.3) is 0 Å². The number of fused-ring (bicyclic) bond motifs is 1. The Labute approximate surface area is 153 Å². The van der Waals surface area contributed by atoms with Gasteiger partial charge in [-0.2, -0.15) is 0 Å². The number of carbonyl (C=O) groups is 1. The van der Waals surface area contributed by atoms with Crippen LogP contribution in [0.1, 0.15) is 49.8 Å². The number of halogens is 2. The molecule has 2 N–H and O–H groups in total. The zero-order valence-corrected chi connectivity index (χ0v) is 15.3. The number of carbonyl (C=O) groups excluding carboxylic acids is 1. The number of aliphatic hydroxyl groups is 1. The molecule has 0 aromatic heterocycles. The summed E-state index contributed by atoms with van der Waals surface area (Å²) in [7, 11) is 0. The first-order chi connectivity index (χ1) is 12.4. The van der Waals surface area contributed by atoms with Gasteiger partial charge in [-0.3, -0.25) is 4.79 Å². The maximum atomic E-state index is 13.6. The minimum Gasteiger partial charge on any atom is -0.392 e. The van der Waals surface area contributed by atoms with Gasteiger partial charge in [-0.1, -0.05) is 24.3 Å². The number of hydrogen-bond acceptors (Lipinski definition) is 3. The van der Waals surface area contributed by atoms with Crippen molar-refractivity contribution in [2.75, 3.05) is 19.6 Å². The van der Waals surface area contributed by atoms with Crippen LogP contribution in [0, 0.1) is 5.92 Å². The van der Waals surface area contributed by atoms with Crippen molar-refractivity contribution < 1.29 is 18.7 Å². The lowest BCUT2D eigenvalue weighted by molar-refractivity contribution is -0.136. The normalized spacial score (nSPS) is 24.2. The van der Waals surface area contributed by atoms with E-state index in [9.17, 15) is 18.7 Å². The van der Waals surface area contributed by atoms with Crippen molar-refractivity contribution in [3.8, 4) is 0 Å². The molecule has 0 saturated heterocycles. The van der Waals surface area contributed by atoms with E-state index in [1.807, 2.05) is 23.1 Å². The van der Waals surface area contributed by atoms with Crippen molar-refractivity contribution in [1.29, 1.82) is 0 Å². The minimum absolute atomic E-state index is 0.0255. The van der Waals surface area contributed by atoms with Gasteiger partial charge in [0.05, 0.1) is 18.7 Å². The van der Waals surface area contributed by atoms with Crippen LogP contribution in [0.4, 0.5) is 8.78 Å². The molecular weight excluding hydrogens is 338 g/mol. The van der Waals surface area contributed by atoms with E-state index in [0.717, 1.165) is 12.0 Å². The van der Waals surface area contributed by atoms with Crippen LogP contribution in [0.25, 0.3) is 0 Å². The van der Waals surface area contributed by atoms with Gasteiger partial charge in [0.1, 0.15) is 0 Å². The van der Waals surface area contributed by atoms with E-state index in [1.54, 1.807) is 6.92 Å². The van der Waals surface area contributed by atoms with Gasteiger partial charge < -0.3 is 15.3 Å². The third kappa shape index (κ3) is 4.41. The Bertz CT molecular complexity index is 626.